The normalized spacial score (nSPS) is 26.4. The van der Waals surface area contributed by atoms with Gasteiger partial charge in [0.15, 0.2) is 0 Å². The summed E-state index contributed by atoms with van der Waals surface area (Å²) >= 11 is 6.66. The summed E-state index contributed by atoms with van der Waals surface area (Å²) in [6.07, 6.45) is 0. The largest absolute Gasteiger partial charge is 0.244 e. The van der Waals surface area contributed by atoms with Gasteiger partial charge >= 0.3 is 0 Å². The smallest absolute Gasteiger partial charge is 0.207 e. The molecule has 1 aromatic rings. The summed E-state index contributed by atoms with van der Waals surface area (Å²) in [5, 5.41) is 0.343. The summed E-state index contributed by atoms with van der Waals surface area (Å²) in [6, 6.07) is 1.76. The molecule has 2 unspecified atom stereocenters. The lowest BCUT2D eigenvalue weighted by Gasteiger charge is -2.36. The molecule has 0 amide bonds. The Balaban J connectivity index is 2.39. The highest BCUT2D eigenvalue weighted by Crippen LogP contribution is 2.35. The van der Waals surface area contributed by atoms with Crippen LogP contribution in [0.5, 0.6) is 0 Å². The van der Waals surface area contributed by atoms with Crippen molar-refractivity contribution in [3.8, 4) is 0 Å². The summed E-state index contributed by atoms with van der Waals surface area (Å²) in [5.41, 5.74) is 0. The number of hydrogen-bond donors (Lipinski definition) is 0. The summed E-state index contributed by atoms with van der Waals surface area (Å²) in [7, 11) is -3.35. The molecule has 0 radical (unpaired) electrons. The molecular weight excluding hydrogens is 354 g/mol. The summed E-state index contributed by atoms with van der Waals surface area (Å²) in [4.78, 5) is 1.30. The van der Waals surface area contributed by atoms with Crippen molar-refractivity contribution in [2.45, 2.75) is 37.0 Å². The molecule has 18 heavy (non-hydrogen) atoms. The lowest BCUT2D eigenvalue weighted by Crippen LogP contribution is -2.47. The van der Waals surface area contributed by atoms with Crippen LogP contribution < -0.4 is 0 Å². The first-order chi connectivity index (χ1) is 8.34. The molecule has 102 valence electrons. The number of thioether (sulfide) groups is 1. The minimum atomic E-state index is -3.35. The third-order valence-electron chi connectivity index (χ3n) is 3.25. The molecule has 0 bridgehead atoms. The van der Waals surface area contributed by atoms with Crippen molar-refractivity contribution in [1.82, 2.24) is 4.31 Å². The molecule has 0 N–H and O–H groups in total. The molecule has 1 aliphatic rings. The van der Waals surface area contributed by atoms with E-state index in [0.29, 0.717) is 16.7 Å². The van der Waals surface area contributed by atoms with E-state index in [2.05, 4.69) is 22.9 Å². The van der Waals surface area contributed by atoms with E-state index >= 15 is 0 Å². The first kappa shape index (κ1) is 14.8. The molecule has 2 atom stereocenters. The van der Waals surface area contributed by atoms with Crippen LogP contribution in [-0.4, -0.2) is 36.3 Å². The molecule has 0 aromatic carbocycles. The zero-order valence-corrected chi connectivity index (χ0v) is 14.5. The molecule has 0 saturated carbocycles. The Labute approximate surface area is 125 Å². The van der Waals surface area contributed by atoms with E-state index in [9.17, 15) is 8.42 Å². The van der Waals surface area contributed by atoms with Gasteiger partial charge in [0.05, 0.1) is 8.68 Å². The van der Waals surface area contributed by atoms with Gasteiger partial charge in [0.2, 0.25) is 10.0 Å². The molecule has 7 heteroatoms. The third kappa shape index (κ3) is 2.65. The predicted octanol–water partition coefficient (Wildman–Crippen LogP) is 3.33. The van der Waals surface area contributed by atoms with Crippen LogP contribution >= 0.6 is 39.0 Å². The highest BCUT2D eigenvalue weighted by molar-refractivity contribution is 9.11. The zero-order chi connectivity index (χ0) is 13.5. The van der Waals surface area contributed by atoms with Gasteiger partial charge in [-0.1, -0.05) is 6.92 Å². The van der Waals surface area contributed by atoms with Crippen LogP contribution in [0.4, 0.5) is 0 Å². The van der Waals surface area contributed by atoms with Crippen molar-refractivity contribution in [3.63, 3.8) is 0 Å². The maximum Gasteiger partial charge on any atom is 0.244 e. The van der Waals surface area contributed by atoms with E-state index in [-0.39, 0.29) is 6.04 Å². The van der Waals surface area contributed by atoms with Crippen molar-refractivity contribution in [2.24, 2.45) is 0 Å². The third-order valence-corrected chi connectivity index (χ3v) is 8.39. The van der Waals surface area contributed by atoms with E-state index in [1.807, 2.05) is 25.6 Å². The number of aryl methyl sites for hydroxylation is 1. The van der Waals surface area contributed by atoms with E-state index in [1.165, 1.54) is 11.3 Å². The Morgan fingerprint density at radius 2 is 2.11 bits per heavy atom. The van der Waals surface area contributed by atoms with Crippen molar-refractivity contribution < 1.29 is 8.42 Å². The summed E-state index contributed by atoms with van der Waals surface area (Å²) in [6.45, 7) is 6.54. The Morgan fingerprint density at radius 1 is 1.44 bits per heavy atom. The molecule has 1 fully saturated rings. The van der Waals surface area contributed by atoms with Crippen molar-refractivity contribution >= 4 is 49.1 Å². The molecule has 2 rings (SSSR count). The molecule has 0 aliphatic carbocycles. The number of thiophene rings is 1. The quantitative estimate of drug-likeness (QED) is 0.801. The maximum atomic E-state index is 12.7. The van der Waals surface area contributed by atoms with Crippen LogP contribution in [0.15, 0.2) is 14.7 Å². The second-order valence-corrected chi connectivity index (χ2v) is 10.4. The van der Waals surface area contributed by atoms with Gasteiger partial charge in [-0.15, -0.1) is 11.3 Å². The Hall–Kier alpha value is 0.440. The van der Waals surface area contributed by atoms with E-state index in [0.717, 1.165) is 14.4 Å². The van der Waals surface area contributed by atoms with Crippen molar-refractivity contribution in [2.75, 3.05) is 12.3 Å². The monoisotopic (exact) mass is 369 g/mol. The van der Waals surface area contributed by atoms with Crippen LogP contribution in [0.3, 0.4) is 0 Å². The van der Waals surface area contributed by atoms with Crippen LogP contribution in [0.25, 0.3) is 0 Å². The molecule has 1 aromatic heterocycles. The van der Waals surface area contributed by atoms with Crippen molar-refractivity contribution in [1.29, 1.82) is 0 Å². The second-order valence-electron chi connectivity index (χ2n) is 4.40. The summed E-state index contributed by atoms with van der Waals surface area (Å²) < 4.78 is 27.9. The number of hydrogen-bond acceptors (Lipinski definition) is 4. The van der Waals surface area contributed by atoms with Crippen LogP contribution in [0, 0.1) is 6.92 Å². The standard InChI is InChI=1S/C11H16BrNO2S3/c1-7-8(2)16-5-4-13(7)18(14,15)10-6-11(12)17-9(10)3/h6-8H,4-5H2,1-3H3. The first-order valence-electron chi connectivity index (χ1n) is 5.73. The van der Waals surface area contributed by atoms with Crippen LogP contribution in [0.2, 0.25) is 0 Å². The van der Waals surface area contributed by atoms with Gasteiger partial charge in [0, 0.05) is 28.5 Å². The van der Waals surface area contributed by atoms with Gasteiger partial charge in [-0.05, 0) is 35.8 Å². The molecule has 0 spiro atoms. The average Bonchev–Trinajstić information content (AvgIpc) is 2.62. The van der Waals surface area contributed by atoms with Gasteiger partial charge in [-0.3, -0.25) is 0 Å². The molecule has 1 saturated heterocycles. The Morgan fingerprint density at radius 3 is 2.67 bits per heavy atom. The van der Waals surface area contributed by atoms with Crippen LogP contribution in [0.1, 0.15) is 18.7 Å². The zero-order valence-electron chi connectivity index (χ0n) is 10.5. The number of sulfonamides is 1. The van der Waals surface area contributed by atoms with Gasteiger partial charge in [-0.2, -0.15) is 16.1 Å². The SMILES string of the molecule is Cc1sc(Br)cc1S(=O)(=O)N1CCSC(C)C1C. The lowest BCUT2D eigenvalue weighted by molar-refractivity contribution is 0.340. The fourth-order valence-electron chi connectivity index (χ4n) is 2.06. The number of halogens is 1. The molecule has 3 nitrogen and oxygen atoms in total. The maximum absolute atomic E-state index is 12.7. The fourth-order valence-corrected chi connectivity index (χ4v) is 7.44. The van der Waals surface area contributed by atoms with E-state index < -0.39 is 10.0 Å². The summed E-state index contributed by atoms with van der Waals surface area (Å²) in [5.74, 6) is 0.870. The minimum Gasteiger partial charge on any atom is -0.207 e. The highest BCUT2D eigenvalue weighted by Gasteiger charge is 2.36. The van der Waals surface area contributed by atoms with Gasteiger partial charge in [0.1, 0.15) is 0 Å². The van der Waals surface area contributed by atoms with Gasteiger partial charge in [-0.25, -0.2) is 8.42 Å². The van der Waals surface area contributed by atoms with Crippen molar-refractivity contribution in [3.05, 3.63) is 14.7 Å². The number of rotatable bonds is 2. The topological polar surface area (TPSA) is 37.4 Å². The lowest BCUT2D eigenvalue weighted by atomic mass is 10.2. The first-order valence-corrected chi connectivity index (χ1v) is 9.83. The second kappa shape index (κ2) is 5.44. The average molecular weight is 370 g/mol. The highest BCUT2D eigenvalue weighted by atomic mass is 79.9. The molecule has 2 heterocycles. The predicted molar refractivity (Wildman–Crippen MR) is 82.0 cm³/mol. The van der Waals surface area contributed by atoms with E-state index in [4.69, 9.17) is 0 Å². The van der Waals surface area contributed by atoms with Gasteiger partial charge in [0.25, 0.3) is 0 Å². The van der Waals surface area contributed by atoms with Crippen LogP contribution in [-0.2, 0) is 10.0 Å². The van der Waals surface area contributed by atoms with Gasteiger partial charge < -0.3 is 0 Å². The minimum absolute atomic E-state index is 0.0480. The molecule has 1 aliphatic heterocycles. The Kier molecular flexibility index (Phi) is 4.48. The molecular formula is C11H16BrNO2S3. The fraction of sp³-hybridized carbons (Fsp3) is 0.636. The van der Waals surface area contributed by atoms with E-state index in [1.54, 1.807) is 10.4 Å². The Bertz CT molecular complexity index is 540. The number of nitrogens with zero attached hydrogens (tertiary/aromatic N) is 1.